The first-order chi connectivity index (χ1) is 4.68. The Labute approximate surface area is 60.9 Å². The van der Waals surface area contributed by atoms with Crippen LogP contribution in [0.3, 0.4) is 0 Å². The number of carbonyl (C=O) groups excluding carboxylic acids is 1. The van der Waals surface area contributed by atoms with E-state index >= 15 is 0 Å². The van der Waals surface area contributed by atoms with Gasteiger partial charge in [-0.15, -0.1) is 6.58 Å². The average Bonchev–Trinajstić information content (AvgIpc) is 1.88. The molecule has 0 aliphatic carbocycles. The summed E-state index contributed by atoms with van der Waals surface area (Å²) in [7, 11) is 0. The molecular weight excluding hydrogens is 130 g/mol. The Kier molecular flexibility index (Phi) is 4.58. The molecule has 0 fully saturated rings. The van der Waals surface area contributed by atoms with E-state index in [4.69, 9.17) is 10.5 Å². The summed E-state index contributed by atoms with van der Waals surface area (Å²) in [5.41, 5.74) is 5.22. The van der Waals surface area contributed by atoms with Crippen molar-refractivity contribution in [1.29, 1.82) is 0 Å². The number of nitrogens with two attached hydrogens (primary N) is 1. The Morgan fingerprint density at radius 1 is 1.90 bits per heavy atom. The summed E-state index contributed by atoms with van der Waals surface area (Å²) in [6.07, 6.45) is 2.37. The van der Waals surface area contributed by atoms with E-state index in [0.717, 1.165) is 0 Å². The fraction of sp³-hybridized carbons (Fsp3) is 0.571. The zero-order valence-corrected chi connectivity index (χ0v) is 6.17. The molecule has 0 aliphatic heterocycles. The summed E-state index contributed by atoms with van der Waals surface area (Å²) < 4.78 is 4.71. The van der Waals surface area contributed by atoms with E-state index in [0.29, 0.717) is 13.0 Å². The Balaban J connectivity index is 3.30. The van der Waals surface area contributed by atoms with Crippen LogP contribution in [0.2, 0.25) is 0 Å². The molecule has 0 saturated heterocycles. The van der Waals surface area contributed by atoms with E-state index in [2.05, 4.69) is 6.58 Å². The van der Waals surface area contributed by atoms with Crippen molar-refractivity contribution in [3.63, 3.8) is 0 Å². The number of rotatable bonds is 4. The Bertz CT molecular complexity index is 121. The number of hydrogen-bond acceptors (Lipinski definition) is 3. The molecule has 0 aromatic carbocycles. The first kappa shape index (κ1) is 9.17. The summed E-state index contributed by atoms with van der Waals surface area (Å²) in [4.78, 5) is 10.6. The third-order valence-corrected chi connectivity index (χ3v) is 0.938. The van der Waals surface area contributed by atoms with Crippen LogP contribution in [0.15, 0.2) is 12.7 Å². The second kappa shape index (κ2) is 4.99. The second-order valence-corrected chi connectivity index (χ2v) is 2.03. The largest absolute Gasteiger partial charge is 0.464 e. The number of carbonyl (C=O) groups is 1. The van der Waals surface area contributed by atoms with Crippen molar-refractivity contribution >= 4 is 5.97 Å². The molecule has 1 unspecified atom stereocenters. The minimum absolute atomic E-state index is 0.359. The molecule has 0 aromatic heterocycles. The number of esters is 1. The molecular formula is C7H13NO2. The minimum atomic E-state index is -0.523. The molecule has 0 aromatic rings. The molecule has 3 nitrogen and oxygen atoms in total. The molecule has 0 amide bonds. The summed E-state index contributed by atoms with van der Waals surface area (Å²) in [6.45, 7) is 5.45. The molecule has 3 heteroatoms. The molecule has 0 spiro atoms. The fourth-order valence-corrected chi connectivity index (χ4v) is 0.374. The highest BCUT2D eigenvalue weighted by Gasteiger charge is 2.06. The second-order valence-electron chi connectivity index (χ2n) is 2.03. The van der Waals surface area contributed by atoms with Gasteiger partial charge in [0.1, 0.15) is 6.04 Å². The fourth-order valence-electron chi connectivity index (χ4n) is 0.374. The molecule has 10 heavy (non-hydrogen) atoms. The first-order valence-electron chi connectivity index (χ1n) is 3.21. The van der Waals surface area contributed by atoms with E-state index < -0.39 is 6.04 Å². The van der Waals surface area contributed by atoms with Gasteiger partial charge in [0.2, 0.25) is 0 Å². The highest BCUT2D eigenvalue weighted by Crippen LogP contribution is 1.86. The predicted molar refractivity (Wildman–Crippen MR) is 39.4 cm³/mol. The Morgan fingerprint density at radius 3 is 2.90 bits per heavy atom. The molecule has 2 N–H and O–H groups in total. The van der Waals surface area contributed by atoms with Gasteiger partial charge in [-0.25, -0.2) is 0 Å². The van der Waals surface area contributed by atoms with Crippen molar-refractivity contribution in [2.24, 2.45) is 5.73 Å². The van der Waals surface area contributed by atoms with Crippen LogP contribution in [0.4, 0.5) is 0 Å². The van der Waals surface area contributed by atoms with Gasteiger partial charge in [-0.2, -0.15) is 0 Å². The molecule has 0 bridgehead atoms. The van der Waals surface area contributed by atoms with Crippen molar-refractivity contribution < 1.29 is 9.53 Å². The Hall–Kier alpha value is -0.830. The van der Waals surface area contributed by atoms with Gasteiger partial charge in [0, 0.05) is 0 Å². The van der Waals surface area contributed by atoms with Crippen LogP contribution < -0.4 is 5.73 Å². The first-order valence-corrected chi connectivity index (χ1v) is 3.21. The molecule has 0 aliphatic rings. The van der Waals surface area contributed by atoms with Crippen LogP contribution in [0, 0.1) is 0 Å². The van der Waals surface area contributed by atoms with Crippen LogP contribution in [-0.4, -0.2) is 18.6 Å². The van der Waals surface area contributed by atoms with Crippen LogP contribution in [0.1, 0.15) is 13.3 Å². The quantitative estimate of drug-likeness (QED) is 0.353. The predicted octanol–water partition coefficient (Wildman–Crippen LogP) is 0.453. The van der Waals surface area contributed by atoms with Gasteiger partial charge in [0.15, 0.2) is 0 Å². The van der Waals surface area contributed by atoms with Gasteiger partial charge in [-0.1, -0.05) is 6.08 Å². The summed E-state index contributed by atoms with van der Waals surface area (Å²) >= 11 is 0. The van der Waals surface area contributed by atoms with Gasteiger partial charge < -0.3 is 10.5 Å². The summed E-state index contributed by atoms with van der Waals surface area (Å²) in [5.74, 6) is -0.359. The third-order valence-electron chi connectivity index (χ3n) is 0.938. The topological polar surface area (TPSA) is 52.3 Å². The smallest absolute Gasteiger partial charge is 0.322 e. The third kappa shape index (κ3) is 4.09. The molecule has 1 atom stereocenters. The minimum Gasteiger partial charge on any atom is -0.464 e. The lowest BCUT2D eigenvalue weighted by Gasteiger charge is -2.04. The van der Waals surface area contributed by atoms with Gasteiger partial charge in [0.25, 0.3) is 0 Å². The Morgan fingerprint density at radius 2 is 2.50 bits per heavy atom. The summed E-state index contributed by atoms with van der Waals surface area (Å²) in [5, 5.41) is 0. The van der Waals surface area contributed by atoms with Crippen LogP contribution >= 0.6 is 0 Å². The summed E-state index contributed by atoms with van der Waals surface area (Å²) in [6, 6.07) is -0.523. The molecule has 0 radical (unpaired) electrons. The number of ether oxygens (including phenoxy) is 1. The molecule has 58 valence electrons. The maximum Gasteiger partial charge on any atom is 0.322 e. The molecule has 0 saturated carbocycles. The monoisotopic (exact) mass is 143 g/mol. The lowest BCUT2D eigenvalue weighted by Crippen LogP contribution is -2.28. The standard InChI is InChI=1S/C7H13NO2/c1-3-4-5-10-7(9)6(2)8/h3,6H,1,4-5,8H2,2H3. The van der Waals surface area contributed by atoms with Crippen molar-refractivity contribution in [3.8, 4) is 0 Å². The SMILES string of the molecule is C=CCCOC(=O)C(C)N. The zero-order valence-electron chi connectivity index (χ0n) is 6.17. The van der Waals surface area contributed by atoms with Gasteiger partial charge in [0.05, 0.1) is 6.61 Å². The lowest BCUT2D eigenvalue weighted by atomic mass is 10.4. The maximum atomic E-state index is 10.6. The highest BCUT2D eigenvalue weighted by atomic mass is 16.5. The van der Waals surface area contributed by atoms with E-state index in [1.54, 1.807) is 13.0 Å². The van der Waals surface area contributed by atoms with Crippen molar-refractivity contribution in [1.82, 2.24) is 0 Å². The zero-order chi connectivity index (χ0) is 7.98. The van der Waals surface area contributed by atoms with E-state index in [9.17, 15) is 4.79 Å². The van der Waals surface area contributed by atoms with Crippen molar-refractivity contribution in [3.05, 3.63) is 12.7 Å². The van der Waals surface area contributed by atoms with E-state index in [1.165, 1.54) is 0 Å². The van der Waals surface area contributed by atoms with E-state index in [1.807, 2.05) is 0 Å². The van der Waals surface area contributed by atoms with Crippen LogP contribution in [0.25, 0.3) is 0 Å². The van der Waals surface area contributed by atoms with E-state index in [-0.39, 0.29) is 5.97 Å². The van der Waals surface area contributed by atoms with Crippen LogP contribution in [0.5, 0.6) is 0 Å². The normalized spacial score (nSPS) is 12.2. The van der Waals surface area contributed by atoms with Gasteiger partial charge in [-0.05, 0) is 13.3 Å². The lowest BCUT2D eigenvalue weighted by molar-refractivity contribution is -0.144. The average molecular weight is 143 g/mol. The molecule has 0 rings (SSSR count). The van der Waals surface area contributed by atoms with Gasteiger partial charge >= 0.3 is 5.97 Å². The highest BCUT2D eigenvalue weighted by molar-refractivity contribution is 5.74. The van der Waals surface area contributed by atoms with Crippen molar-refractivity contribution in [2.45, 2.75) is 19.4 Å². The van der Waals surface area contributed by atoms with Gasteiger partial charge in [-0.3, -0.25) is 4.79 Å². The van der Waals surface area contributed by atoms with Crippen LogP contribution in [-0.2, 0) is 9.53 Å². The maximum absolute atomic E-state index is 10.6. The molecule has 0 heterocycles. The van der Waals surface area contributed by atoms with Crippen molar-refractivity contribution in [2.75, 3.05) is 6.61 Å². The number of hydrogen-bond donors (Lipinski definition) is 1.